The fourth-order valence-electron chi connectivity index (χ4n) is 2.48. The zero-order valence-corrected chi connectivity index (χ0v) is 16.7. The summed E-state index contributed by atoms with van der Waals surface area (Å²) in [4.78, 5) is 29.8. The maximum atomic E-state index is 11.9. The van der Waals surface area contributed by atoms with E-state index in [0.29, 0.717) is 24.0 Å². The molecule has 0 spiro atoms. The van der Waals surface area contributed by atoms with Gasteiger partial charge < -0.3 is 14.4 Å². The van der Waals surface area contributed by atoms with Gasteiger partial charge >= 0.3 is 22.6 Å². The van der Waals surface area contributed by atoms with E-state index in [1.54, 1.807) is 13.8 Å². The van der Waals surface area contributed by atoms with Gasteiger partial charge in [0.25, 0.3) is 0 Å². The first kappa shape index (κ1) is 22.4. The SMILES string of the molecule is CCOC(=O)NC1=NC(N2CC=CCC2)=CC(NC(=O)OCC)N1OS(=O)(=O)O. The van der Waals surface area contributed by atoms with E-state index >= 15 is 0 Å². The maximum Gasteiger partial charge on any atom is 0.418 e. The van der Waals surface area contributed by atoms with Crippen LogP contribution >= 0.6 is 0 Å². The minimum Gasteiger partial charge on any atom is -0.450 e. The number of alkyl carbamates (subject to hydrolysis) is 2. The molecular formula is C15H23N5O8S. The molecule has 3 N–H and O–H groups in total. The lowest BCUT2D eigenvalue weighted by Crippen LogP contribution is -2.57. The number of rotatable bonds is 6. The average Bonchev–Trinajstić information content (AvgIpc) is 2.64. The van der Waals surface area contributed by atoms with Gasteiger partial charge in [0.1, 0.15) is 5.82 Å². The minimum absolute atomic E-state index is 0.0440. The Morgan fingerprint density at radius 1 is 1.24 bits per heavy atom. The van der Waals surface area contributed by atoms with Gasteiger partial charge in [-0.25, -0.2) is 9.59 Å². The molecule has 13 nitrogen and oxygen atoms in total. The summed E-state index contributed by atoms with van der Waals surface area (Å²) in [5.74, 6) is -0.0898. The van der Waals surface area contributed by atoms with Gasteiger partial charge in [-0.3, -0.25) is 15.2 Å². The van der Waals surface area contributed by atoms with E-state index in [2.05, 4.69) is 19.9 Å². The standard InChI is InChI=1S/C15H23N5O8S/c1-3-26-14(21)17-12-10-11(19-8-6-5-7-9-19)16-13(18-15(22)27-4-2)20(12)28-29(23,24)25/h5-6,10,12H,3-4,7-9H2,1-2H3,(H,17,21)(H,16,18,22)(H,23,24,25). The molecule has 0 radical (unpaired) electrons. The number of hydrogen-bond acceptors (Lipinski definition) is 10. The van der Waals surface area contributed by atoms with Crippen LogP contribution in [0, 0.1) is 0 Å². The molecule has 2 rings (SSSR count). The van der Waals surface area contributed by atoms with Crippen molar-refractivity contribution in [2.75, 3.05) is 26.3 Å². The molecule has 2 heterocycles. The van der Waals surface area contributed by atoms with E-state index in [-0.39, 0.29) is 13.2 Å². The van der Waals surface area contributed by atoms with E-state index in [1.807, 2.05) is 17.1 Å². The van der Waals surface area contributed by atoms with Crippen molar-refractivity contribution >= 4 is 28.5 Å². The van der Waals surface area contributed by atoms with Crippen molar-refractivity contribution in [3.63, 3.8) is 0 Å². The summed E-state index contributed by atoms with van der Waals surface area (Å²) < 4.78 is 45.8. The number of hydrogen-bond donors (Lipinski definition) is 3. The van der Waals surface area contributed by atoms with Crippen molar-refractivity contribution in [1.29, 1.82) is 0 Å². The zero-order chi connectivity index (χ0) is 21.4. The highest BCUT2D eigenvalue weighted by molar-refractivity contribution is 7.80. The van der Waals surface area contributed by atoms with Crippen LogP contribution in [0.2, 0.25) is 0 Å². The Morgan fingerprint density at radius 3 is 2.52 bits per heavy atom. The Kier molecular flexibility index (Phi) is 7.81. The molecule has 0 bridgehead atoms. The average molecular weight is 433 g/mol. The topological polar surface area (TPSA) is 159 Å². The first-order chi connectivity index (χ1) is 13.7. The normalized spacial score (nSPS) is 19.2. The number of nitrogens with one attached hydrogen (secondary N) is 2. The highest BCUT2D eigenvalue weighted by Gasteiger charge is 2.34. The van der Waals surface area contributed by atoms with Gasteiger partial charge in [-0.15, -0.1) is 4.28 Å². The summed E-state index contributed by atoms with van der Waals surface area (Å²) in [5.41, 5.74) is 0. The molecular weight excluding hydrogens is 410 g/mol. The predicted molar refractivity (Wildman–Crippen MR) is 99.4 cm³/mol. The van der Waals surface area contributed by atoms with Crippen LogP contribution in [0.5, 0.6) is 0 Å². The van der Waals surface area contributed by atoms with E-state index in [4.69, 9.17) is 14.0 Å². The Morgan fingerprint density at radius 2 is 1.93 bits per heavy atom. The summed E-state index contributed by atoms with van der Waals surface area (Å²) >= 11 is 0. The fourth-order valence-corrected chi connectivity index (χ4v) is 2.85. The smallest absolute Gasteiger partial charge is 0.418 e. The molecule has 29 heavy (non-hydrogen) atoms. The van der Waals surface area contributed by atoms with Gasteiger partial charge in [0.2, 0.25) is 5.96 Å². The van der Waals surface area contributed by atoms with Crippen LogP contribution in [0.4, 0.5) is 9.59 Å². The molecule has 14 heteroatoms. The van der Waals surface area contributed by atoms with E-state index in [9.17, 15) is 18.0 Å². The van der Waals surface area contributed by atoms with Crippen LogP contribution in [0.25, 0.3) is 0 Å². The van der Waals surface area contributed by atoms with Crippen molar-refractivity contribution < 1.29 is 36.3 Å². The molecule has 0 saturated carbocycles. The Hall–Kier alpha value is -2.84. The molecule has 162 valence electrons. The highest BCUT2D eigenvalue weighted by Crippen LogP contribution is 2.20. The third-order valence-electron chi connectivity index (χ3n) is 3.58. The molecule has 0 saturated heterocycles. The second-order valence-corrected chi connectivity index (χ2v) is 6.65. The highest BCUT2D eigenvalue weighted by atomic mass is 32.3. The number of carbonyl (C=O) groups is 2. The predicted octanol–water partition coefficient (Wildman–Crippen LogP) is 0.314. The number of ether oxygens (including phenoxy) is 2. The van der Waals surface area contributed by atoms with E-state index in [0.717, 1.165) is 6.42 Å². The Labute approximate surface area is 167 Å². The summed E-state index contributed by atoms with van der Waals surface area (Å²) in [6.07, 6.45) is 2.92. The maximum absolute atomic E-state index is 11.9. The molecule has 0 aromatic heterocycles. The summed E-state index contributed by atoms with van der Waals surface area (Å²) in [6.45, 7) is 4.38. The van der Waals surface area contributed by atoms with E-state index < -0.39 is 34.7 Å². The van der Waals surface area contributed by atoms with Crippen molar-refractivity contribution in [2.24, 2.45) is 4.99 Å². The number of hydroxylamine groups is 2. The molecule has 0 aromatic carbocycles. The van der Waals surface area contributed by atoms with Gasteiger partial charge in [-0.2, -0.15) is 18.5 Å². The van der Waals surface area contributed by atoms with Gasteiger partial charge in [-0.1, -0.05) is 12.2 Å². The fraction of sp³-hybridized carbons (Fsp3) is 0.533. The molecule has 2 aliphatic rings. The molecule has 0 aliphatic carbocycles. The van der Waals surface area contributed by atoms with Crippen molar-refractivity contribution in [3.8, 4) is 0 Å². The van der Waals surface area contributed by atoms with Crippen LogP contribution in [-0.2, 0) is 24.2 Å². The molecule has 2 aliphatic heterocycles. The number of amides is 2. The van der Waals surface area contributed by atoms with Crippen LogP contribution in [-0.4, -0.2) is 73.5 Å². The first-order valence-electron chi connectivity index (χ1n) is 8.77. The molecule has 0 aromatic rings. The molecule has 0 fully saturated rings. The van der Waals surface area contributed by atoms with Gasteiger partial charge in [-0.05, 0) is 20.3 Å². The minimum atomic E-state index is -5.02. The monoisotopic (exact) mass is 433 g/mol. The summed E-state index contributed by atoms with van der Waals surface area (Å²) in [7, 11) is -5.02. The van der Waals surface area contributed by atoms with Crippen LogP contribution in [0.3, 0.4) is 0 Å². The van der Waals surface area contributed by atoms with Gasteiger partial charge in [0.15, 0.2) is 6.17 Å². The second-order valence-electron chi connectivity index (χ2n) is 5.65. The number of carbonyl (C=O) groups excluding carboxylic acids is 2. The Balaban J connectivity index is 2.39. The van der Waals surface area contributed by atoms with Crippen LogP contribution in [0.15, 0.2) is 29.0 Å². The summed E-state index contributed by atoms with van der Waals surface area (Å²) in [5, 5.41) is 5.11. The van der Waals surface area contributed by atoms with Crippen molar-refractivity contribution in [1.82, 2.24) is 20.6 Å². The first-order valence-corrected chi connectivity index (χ1v) is 10.1. The quantitative estimate of drug-likeness (QED) is 0.393. The van der Waals surface area contributed by atoms with Crippen molar-refractivity contribution in [2.45, 2.75) is 26.4 Å². The zero-order valence-electron chi connectivity index (χ0n) is 15.9. The molecule has 2 amide bonds. The molecule has 1 unspecified atom stereocenters. The third kappa shape index (κ3) is 6.92. The largest absolute Gasteiger partial charge is 0.450 e. The Bertz CT molecular complexity index is 810. The molecule has 1 atom stereocenters. The number of guanidine groups is 1. The number of aliphatic imine (C=N–C) groups is 1. The van der Waals surface area contributed by atoms with Gasteiger partial charge in [0.05, 0.1) is 13.2 Å². The second kappa shape index (κ2) is 10.1. The van der Waals surface area contributed by atoms with Crippen LogP contribution < -0.4 is 10.6 Å². The lowest BCUT2D eigenvalue weighted by atomic mass is 10.2. The summed E-state index contributed by atoms with van der Waals surface area (Å²) in [6, 6.07) is 0. The van der Waals surface area contributed by atoms with Gasteiger partial charge in [0, 0.05) is 19.2 Å². The third-order valence-corrected chi connectivity index (χ3v) is 3.92. The van der Waals surface area contributed by atoms with Crippen LogP contribution in [0.1, 0.15) is 20.3 Å². The lowest BCUT2D eigenvalue weighted by molar-refractivity contribution is -0.0273. The lowest BCUT2D eigenvalue weighted by Gasteiger charge is -2.35. The van der Waals surface area contributed by atoms with Crippen molar-refractivity contribution in [3.05, 3.63) is 24.0 Å². The van der Waals surface area contributed by atoms with E-state index in [1.165, 1.54) is 6.08 Å². The number of nitrogens with zero attached hydrogens (tertiary/aromatic N) is 3.